The number of halogens is 2. The molecule has 2 N–H and O–H groups in total. The van der Waals surface area contributed by atoms with E-state index in [1.165, 1.54) is 0 Å². The molecule has 0 spiro atoms. The number of Topliss-reactive ketones (excluding diaryl/α,β-unsaturated/α-hetero) is 1. The summed E-state index contributed by atoms with van der Waals surface area (Å²) in [6.45, 7) is 0. The van der Waals surface area contributed by atoms with Crippen molar-refractivity contribution in [1.82, 2.24) is 0 Å². The van der Waals surface area contributed by atoms with Crippen LogP contribution in [0.15, 0.2) is 18.2 Å². The lowest BCUT2D eigenvalue weighted by atomic mass is 9.80. The van der Waals surface area contributed by atoms with E-state index >= 15 is 0 Å². The highest BCUT2D eigenvalue weighted by Gasteiger charge is 2.30. The van der Waals surface area contributed by atoms with E-state index in [-0.39, 0.29) is 30.2 Å². The molecule has 2 unspecified atom stereocenters. The molecule has 1 saturated carbocycles. The van der Waals surface area contributed by atoms with Gasteiger partial charge in [-0.25, -0.2) is 0 Å². The molecule has 1 fully saturated rings. The molecule has 2 atom stereocenters. The highest BCUT2D eigenvalue weighted by molar-refractivity contribution is 6.32. The van der Waals surface area contributed by atoms with E-state index in [1.807, 2.05) is 12.1 Å². The van der Waals surface area contributed by atoms with Crippen molar-refractivity contribution < 1.29 is 9.53 Å². The molecule has 100 valence electrons. The molecule has 0 bridgehead atoms. The Hall–Kier alpha value is -0.770. The Balaban J connectivity index is 0.00000162. The van der Waals surface area contributed by atoms with Crippen molar-refractivity contribution in [3.63, 3.8) is 0 Å². The first-order chi connectivity index (χ1) is 8.13. The maximum atomic E-state index is 12.0. The lowest BCUT2D eigenvalue weighted by Gasteiger charge is -2.25. The molecule has 0 heterocycles. The Morgan fingerprint density at radius 2 is 2.11 bits per heavy atom. The predicted molar refractivity (Wildman–Crippen MR) is 74.8 cm³/mol. The van der Waals surface area contributed by atoms with Gasteiger partial charge in [-0.2, -0.15) is 0 Å². The zero-order valence-corrected chi connectivity index (χ0v) is 11.8. The van der Waals surface area contributed by atoms with Gasteiger partial charge in [0.25, 0.3) is 0 Å². The molecule has 5 heteroatoms. The number of carbonyl (C=O) groups is 1. The van der Waals surface area contributed by atoms with Gasteiger partial charge in [0.05, 0.1) is 18.2 Å². The lowest BCUT2D eigenvalue weighted by Crippen LogP contribution is -2.38. The van der Waals surface area contributed by atoms with E-state index < -0.39 is 0 Å². The third-order valence-corrected chi connectivity index (χ3v) is 3.61. The third kappa shape index (κ3) is 2.97. The van der Waals surface area contributed by atoms with Gasteiger partial charge in [-0.15, -0.1) is 12.4 Å². The van der Waals surface area contributed by atoms with Crippen LogP contribution in [0, 0.1) is 0 Å². The summed E-state index contributed by atoms with van der Waals surface area (Å²) >= 11 is 5.97. The number of hydrogen-bond donors (Lipinski definition) is 1. The minimum atomic E-state index is -0.324. The summed E-state index contributed by atoms with van der Waals surface area (Å²) in [6.07, 6.45) is 2.64. The molecule has 0 aliphatic heterocycles. The number of carbonyl (C=O) groups excluding carboxylic acids is 1. The van der Waals surface area contributed by atoms with Crippen LogP contribution in [0.4, 0.5) is 0 Å². The third-order valence-electron chi connectivity index (χ3n) is 3.29. The highest BCUT2D eigenvalue weighted by Crippen LogP contribution is 2.34. The van der Waals surface area contributed by atoms with Crippen molar-refractivity contribution in [3.8, 4) is 5.75 Å². The fraction of sp³-hybridized carbons (Fsp3) is 0.462. The van der Waals surface area contributed by atoms with Crippen LogP contribution in [0.2, 0.25) is 5.02 Å². The molecule has 0 amide bonds. The van der Waals surface area contributed by atoms with E-state index in [0.29, 0.717) is 10.8 Å². The molecule has 0 radical (unpaired) electrons. The van der Waals surface area contributed by atoms with Gasteiger partial charge in [0.1, 0.15) is 5.75 Å². The molecule has 1 aromatic carbocycles. The zero-order chi connectivity index (χ0) is 12.4. The Morgan fingerprint density at radius 3 is 2.78 bits per heavy atom. The molecular weight excluding hydrogens is 273 g/mol. The van der Waals surface area contributed by atoms with Crippen molar-refractivity contribution in [2.75, 3.05) is 7.11 Å². The number of ketones is 1. The SMILES string of the molecule is COc1cc(C2CCCC(N)C2=O)ccc1Cl.Cl. The molecule has 1 aromatic rings. The summed E-state index contributed by atoms with van der Waals surface area (Å²) < 4.78 is 5.16. The summed E-state index contributed by atoms with van der Waals surface area (Å²) in [4.78, 5) is 12.0. The van der Waals surface area contributed by atoms with Crippen LogP contribution in [0.3, 0.4) is 0 Å². The average Bonchev–Trinajstić information content (AvgIpc) is 2.34. The molecule has 0 aromatic heterocycles. The van der Waals surface area contributed by atoms with Gasteiger partial charge in [0.15, 0.2) is 5.78 Å². The van der Waals surface area contributed by atoms with Crippen molar-refractivity contribution in [1.29, 1.82) is 0 Å². The first-order valence-corrected chi connectivity index (χ1v) is 6.14. The van der Waals surface area contributed by atoms with E-state index in [9.17, 15) is 4.79 Å². The van der Waals surface area contributed by atoms with Crippen LogP contribution >= 0.6 is 24.0 Å². The van der Waals surface area contributed by atoms with Crippen molar-refractivity contribution in [3.05, 3.63) is 28.8 Å². The molecule has 1 aliphatic carbocycles. The lowest BCUT2D eigenvalue weighted by molar-refractivity contribution is -0.123. The topological polar surface area (TPSA) is 52.3 Å². The number of rotatable bonds is 2. The van der Waals surface area contributed by atoms with Gasteiger partial charge in [-0.3, -0.25) is 4.79 Å². The monoisotopic (exact) mass is 289 g/mol. The minimum Gasteiger partial charge on any atom is -0.495 e. The fourth-order valence-electron chi connectivity index (χ4n) is 2.31. The first kappa shape index (κ1) is 15.3. The Kier molecular flexibility index (Phi) is 5.45. The maximum absolute atomic E-state index is 12.0. The van der Waals surface area contributed by atoms with Crippen molar-refractivity contribution in [2.45, 2.75) is 31.2 Å². The molecule has 3 nitrogen and oxygen atoms in total. The number of nitrogens with two attached hydrogens (primary N) is 1. The van der Waals surface area contributed by atoms with Crippen LogP contribution in [0.1, 0.15) is 30.7 Å². The normalized spacial score (nSPS) is 23.4. The van der Waals surface area contributed by atoms with Gasteiger partial charge in [-0.1, -0.05) is 24.1 Å². The molecule has 2 rings (SSSR count). The average molecular weight is 290 g/mol. The van der Waals surface area contributed by atoms with E-state index in [2.05, 4.69) is 0 Å². The van der Waals surface area contributed by atoms with Crippen LogP contribution in [-0.4, -0.2) is 18.9 Å². The number of methoxy groups -OCH3 is 1. The quantitative estimate of drug-likeness (QED) is 0.911. The number of hydrogen-bond acceptors (Lipinski definition) is 3. The Bertz CT molecular complexity index is 437. The molecule has 0 saturated heterocycles. The van der Waals surface area contributed by atoms with Gasteiger partial charge in [0, 0.05) is 5.92 Å². The summed E-state index contributed by atoms with van der Waals surface area (Å²) in [5, 5.41) is 0.559. The predicted octanol–water partition coefficient (Wildman–Crippen LogP) is 2.93. The molecular formula is C13H17Cl2NO2. The Labute approximate surface area is 118 Å². The van der Waals surface area contributed by atoms with Gasteiger partial charge >= 0.3 is 0 Å². The highest BCUT2D eigenvalue weighted by atomic mass is 35.5. The molecule has 1 aliphatic rings. The second kappa shape index (κ2) is 6.41. The van der Waals surface area contributed by atoms with Crippen LogP contribution < -0.4 is 10.5 Å². The van der Waals surface area contributed by atoms with Crippen molar-refractivity contribution in [2.24, 2.45) is 5.73 Å². The van der Waals surface area contributed by atoms with Crippen LogP contribution in [0.25, 0.3) is 0 Å². The van der Waals surface area contributed by atoms with Gasteiger partial charge in [0.2, 0.25) is 0 Å². The van der Waals surface area contributed by atoms with Crippen LogP contribution in [0.5, 0.6) is 5.75 Å². The second-order valence-electron chi connectivity index (χ2n) is 4.39. The van der Waals surface area contributed by atoms with Crippen molar-refractivity contribution >= 4 is 29.8 Å². The van der Waals surface area contributed by atoms with Crippen LogP contribution in [-0.2, 0) is 4.79 Å². The first-order valence-electron chi connectivity index (χ1n) is 5.76. The van der Waals surface area contributed by atoms with E-state index in [4.69, 9.17) is 22.1 Å². The minimum absolute atomic E-state index is 0. The van der Waals surface area contributed by atoms with Gasteiger partial charge in [-0.05, 0) is 30.5 Å². The summed E-state index contributed by atoms with van der Waals surface area (Å²) in [5.41, 5.74) is 6.75. The smallest absolute Gasteiger partial charge is 0.156 e. The van der Waals surface area contributed by atoms with E-state index in [0.717, 1.165) is 24.8 Å². The fourth-order valence-corrected chi connectivity index (χ4v) is 2.50. The number of benzene rings is 1. The largest absolute Gasteiger partial charge is 0.495 e. The summed E-state index contributed by atoms with van der Waals surface area (Å²) in [7, 11) is 1.57. The standard InChI is InChI=1S/C13H16ClNO2.ClH/c1-17-12-7-8(5-6-10(12)14)9-3-2-4-11(15)13(9)16;/h5-7,9,11H,2-4,15H2,1H3;1H. The van der Waals surface area contributed by atoms with Gasteiger partial charge < -0.3 is 10.5 Å². The maximum Gasteiger partial charge on any atom is 0.156 e. The Morgan fingerprint density at radius 1 is 1.39 bits per heavy atom. The summed E-state index contributed by atoms with van der Waals surface area (Å²) in [6, 6.07) is 5.16. The molecule has 18 heavy (non-hydrogen) atoms. The second-order valence-corrected chi connectivity index (χ2v) is 4.79. The van der Waals surface area contributed by atoms with E-state index in [1.54, 1.807) is 13.2 Å². The zero-order valence-electron chi connectivity index (χ0n) is 10.2. The number of ether oxygens (including phenoxy) is 1. The summed E-state index contributed by atoms with van der Waals surface area (Å²) in [5.74, 6) is 0.627.